The van der Waals surface area contributed by atoms with Crippen LogP contribution >= 0.6 is 0 Å². The van der Waals surface area contributed by atoms with Gasteiger partial charge in [-0.1, -0.05) is 39.0 Å². The number of aliphatic hydroxyl groups excluding tert-OH is 1. The van der Waals surface area contributed by atoms with Gasteiger partial charge in [-0.3, -0.25) is 19.2 Å². The minimum Gasteiger partial charge on any atom is -0.496 e. The number of nitrogens with one attached hydrogen (secondary N) is 3. The van der Waals surface area contributed by atoms with E-state index in [4.69, 9.17) is 9.57 Å². The lowest BCUT2D eigenvalue weighted by atomic mass is 9.45. The first-order valence-electron chi connectivity index (χ1n) is 17.0. The van der Waals surface area contributed by atoms with Gasteiger partial charge in [0.1, 0.15) is 17.9 Å². The van der Waals surface area contributed by atoms with Gasteiger partial charge in [0.15, 0.2) is 0 Å². The Labute approximate surface area is 284 Å². The maximum atomic E-state index is 14.3. The first kappa shape index (κ1) is 35.6. The average molecular weight is 664 g/mol. The Balaban J connectivity index is 1.49. The minimum atomic E-state index is -0.884. The molecule has 11 heteroatoms. The van der Waals surface area contributed by atoms with E-state index in [1.807, 2.05) is 55.4 Å². The molecule has 2 bridgehead atoms. The summed E-state index contributed by atoms with van der Waals surface area (Å²) < 4.78 is 6.01. The van der Waals surface area contributed by atoms with Gasteiger partial charge in [0.2, 0.25) is 11.8 Å². The Bertz CT molecular complexity index is 1530. The fourth-order valence-corrected chi connectivity index (χ4v) is 8.39. The Morgan fingerprint density at radius 1 is 1.17 bits per heavy atom. The monoisotopic (exact) mass is 663 g/mol. The molecule has 1 aliphatic heterocycles. The predicted molar refractivity (Wildman–Crippen MR) is 185 cm³/mol. The summed E-state index contributed by atoms with van der Waals surface area (Å²) in [5, 5.41) is 21.6. The van der Waals surface area contributed by atoms with Crippen molar-refractivity contribution in [3.63, 3.8) is 0 Å². The molecule has 3 aliphatic carbocycles. The lowest BCUT2D eigenvalue weighted by Gasteiger charge is -2.62. The third-order valence-electron chi connectivity index (χ3n) is 11.3. The molecule has 2 aromatic carbocycles. The maximum Gasteiger partial charge on any atom is 0.251 e. The standard InChI is InChI=1S/C37H53N5O6/c1-20-29-16-26(37(29,4)5)17-30(20)40-36(46)33-32(21(2)43)31(18-39-22(3)44)48-42(33)19-23-11-10-12-28(34(23)47-9)24-13-25(35(45)38-6)15-27(14-24)41(7)8/h10-15,20-21,26,29-33,43H,16-19H2,1-9H3,(H,38,45)(H,39,44)(H,40,46)/t20-,21-,26+,29+,30-,31-,32+,33-/m0/s1. The van der Waals surface area contributed by atoms with Crippen molar-refractivity contribution < 1.29 is 29.1 Å². The molecule has 3 saturated carbocycles. The fourth-order valence-electron chi connectivity index (χ4n) is 8.39. The number of carbonyl (C=O) groups excluding carboxylic acids is 3. The third kappa shape index (κ3) is 6.77. The van der Waals surface area contributed by atoms with Crippen LogP contribution in [0.4, 0.5) is 5.69 Å². The Morgan fingerprint density at radius 2 is 1.90 bits per heavy atom. The molecular formula is C37H53N5O6. The molecule has 1 heterocycles. The second-order valence-corrected chi connectivity index (χ2v) is 14.7. The number of benzene rings is 2. The highest BCUT2D eigenvalue weighted by molar-refractivity contribution is 5.97. The van der Waals surface area contributed by atoms with Crippen LogP contribution < -0.4 is 25.6 Å². The van der Waals surface area contributed by atoms with Crippen molar-refractivity contribution in [1.82, 2.24) is 21.0 Å². The summed E-state index contributed by atoms with van der Waals surface area (Å²) in [6.45, 7) is 10.3. The molecule has 4 N–H and O–H groups in total. The molecule has 0 radical (unpaired) electrons. The van der Waals surface area contributed by atoms with E-state index in [2.05, 4.69) is 36.7 Å². The molecule has 8 atom stereocenters. The molecule has 6 rings (SSSR count). The van der Waals surface area contributed by atoms with Crippen LogP contribution in [-0.2, 0) is 21.0 Å². The normalized spacial score (nSPS) is 28.2. The van der Waals surface area contributed by atoms with Gasteiger partial charge in [-0.05, 0) is 66.7 Å². The van der Waals surface area contributed by atoms with Gasteiger partial charge in [0.05, 0.1) is 19.8 Å². The summed E-state index contributed by atoms with van der Waals surface area (Å²) >= 11 is 0. The first-order chi connectivity index (χ1) is 22.7. The largest absolute Gasteiger partial charge is 0.496 e. The third-order valence-corrected chi connectivity index (χ3v) is 11.3. The molecule has 262 valence electrons. The second-order valence-electron chi connectivity index (χ2n) is 14.7. The minimum absolute atomic E-state index is 0.0384. The van der Waals surface area contributed by atoms with Crippen LogP contribution in [0, 0.1) is 29.1 Å². The zero-order chi connectivity index (χ0) is 35.1. The highest BCUT2D eigenvalue weighted by Gasteiger charge is 2.57. The van der Waals surface area contributed by atoms with Crippen molar-refractivity contribution in [3.05, 3.63) is 47.5 Å². The number of hydrogen-bond acceptors (Lipinski definition) is 8. The van der Waals surface area contributed by atoms with Crippen LogP contribution in [0.15, 0.2) is 36.4 Å². The molecule has 0 spiro atoms. The molecule has 1 saturated heterocycles. The van der Waals surface area contributed by atoms with Crippen LogP contribution in [0.5, 0.6) is 5.75 Å². The lowest BCUT2D eigenvalue weighted by Crippen LogP contribution is -2.62. The zero-order valence-electron chi connectivity index (χ0n) is 29.8. The summed E-state index contributed by atoms with van der Waals surface area (Å²) in [5.41, 5.74) is 4.00. The molecule has 4 aliphatic rings. The quantitative estimate of drug-likeness (QED) is 0.287. The van der Waals surface area contributed by atoms with Gasteiger partial charge < -0.3 is 30.7 Å². The van der Waals surface area contributed by atoms with Gasteiger partial charge in [-0.2, -0.15) is 5.06 Å². The number of nitrogens with zero attached hydrogens (tertiary/aromatic N) is 2. The lowest BCUT2D eigenvalue weighted by molar-refractivity contribution is -0.177. The average Bonchev–Trinajstić information content (AvgIpc) is 3.41. The number of hydroxylamine groups is 2. The predicted octanol–water partition coefficient (Wildman–Crippen LogP) is 3.59. The number of methoxy groups -OCH3 is 1. The fraction of sp³-hybridized carbons (Fsp3) is 0.595. The van der Waals surface area contributed by atoms with E-state index in [1.54, 1.807) is 26.1 Å². The van der Waals surface area contributed by atoms with Gasteiger partial charge in [0, 0.05) is 68.9 Å². The van der Waals surface area contributed by atoms with Gasteiger partial charge in [-0.15, -0.1) is 0 Å². The summed E-state index contributed by atoms with van der Waals surface area (Å²) in [4.78, 5) is 47.3. The topological polar surface area (TPSA) is 132 Å². The van der Waals surface area contributed by atoms with Crippen LogP contribution in [-0.4, -0.2) is 87.0 Å². The number of ether oxygens (including phenoxy) is 1. The van der Waals surface area contributed by atoms with E-state index in [0.717, 1.165) is 28.8 Å². The van der Waals surface area contributed by atoms with Gasteiger partial charge in [-0.25, -0.2) is 0 Å². The van der Waals surface area contributed by atoms with Crippen molar-refractivity contribution in [2.24, 2.45) is 29.1 Å². The molecule has 0 unspecified atom stereocenters. The van der Waals surface area contributed by atoms with E-state index in [-0.39, 0.29) is 42.3 Å². The van der Waals surface area contributed by atoms with Crippen molar-refractivity contribution in [3.8, 4) is 16.9 Å². The Kier molecular flexibility index (Phi) is 10.4. The summed E-state index contributed by atoms with van der Waals surface area (Å²) in [6.07, 6.45) is 0.623. The SMILES string of the molecule is CNC(=O)c1cc(-c2cccc(CN3O[C@@H](CNC(C)=O)[C@@H]([C@H](C)O)[C@H]3C(=O)N[C@H]3C[C@H]4C[C@H]([C@@H]3C)C4(C)C)c2OC)cc(N(C)C)c1. The summed E-state index contributed by atoms with van der Waals surface area (Å²) in [5.74, 6) is 0.846. The smallest absolute Gasteiger partial charge is 0.251 e. The molecule has 4 fully saturated rings. The highest BCUT2D eigenvalue weighted by atomic mass is 16.7. The second kappa shape index (κ2) is 14.1. The van der Waals surface area contributed by atoms with Crippen LogP contribution in [0.25, 0.3) is 11.1 Å². The van der Waals surface area contributed by atoms with Crippen LogP contribution in [0.2, 0.25) is 0 Å². The summed E-state index contributed by atoms with van der Waals surface area (Å²) in [6, 6.07) is 10.7. The molecule has 11 nitrogen and oxygen atoms in total. The van der Waals surface area contributed by atoms with Crippen molar-refractivity contribution in [1.29, 1.82) is 0 Å². The molecule has 2 aromatic rings. The zero-order valence-corrected chi connectivity index (χ0v) is 29.8. The molecule has 3 amide bonds. The Morgan fingerprint density at radius 3 is 2.48 bits per heavy atom. The highest BCUT2D eigenvalue weighted by Crippen LogP contribution is 2.61. The first-order valence-corrected chi connectivity index (χ1v) is 17.0. The number of amides is 3. The van der Waals surface area contributed by atoms with Gasteiger partial charge >= 0.3 is 0 Å². The van der Waals surface area contributed by atoms with E-state index in [9.17, 15) is 19.5 Å². The number of aliphatic hydroxyl groups is 1. The Hall–Kier alpha value is -3.67. The summed E-state index contributed by atoms with van der Waals surface area (Å²) in [7, 11) is 7.04. The number of anilines is 1. The molecular weight excluding hydrogens is 610 g/mol. The van der Waals surface area contributed by atoms with E-state index in [1.165, 1.54) is 13.3 Å². The number of hydrogen-bond donors (Lipinski definition) is 4. The van der Waals surface area contributed by atoms with Crippen molar-refractivity contribution in [2.75, 3.05) is 39.7 Å². The molecule has 48 heavy (non-hydrogen) atoms. The van der Waals surface area contributed by atoms with Crippen LogP contribution in [0.1, 0.15) is 63.4 Å². The molecule has 0 aromatic heterocycles. The number of fused-ring (bicyclic) bond motifs is 2. The maximum absolute atomic E-state index is 14.3. The van der Waals surface area contributed by atoms with E-state index in [0.29, 0.717) is 29.1 Å². The van der Waals surface area contributed by atoms with E-state index < -0.39 is 24.2 Å². The number of rotatable bonds is 11. The number of carbonyl (C=O) groups is 3. The number of para-hydroxylation sites is 1. The van der Waals surface area contributed by atoms with E-state index >= 15 is 0 Å². The van der Waals surface area contributed by atoms with Gasteiger partial charge in [0.25, 0.3) is 5.91 Å². The van der Waals surface area contributed by atoms with Crippen molar-refractivity contribution >= 4 is 23.4 Å². The van der Waals surface area contributed by atoms with Crippen LogP contribution in [0.3, 0.4) is 0 Å². The van der Waals surface area contributed by atoms with Crippen molar-refractivity contribution in [2.45, 2.75) is 78.3 Å².